The Morgan fingerprint density at radius 1 is 1.27 bits per heavy atom. The zero-order valence-corrected chi connectivity index (χ0v) is 20.7. The summed E-state index contributed by atoms with van der Waals surface area (Å²) in [5.41, 5.74) is 2.77. The monoisotopic (exact) mass is 471 g/mol. The molecular formula is C25H37N5O2S. The normalized spacial score (nSPS) is 26.9. The number of thioether (sulfide) groups is 1. The minimum absolute atomic E-state index is 0.197. The number of nitrogens with one attached hydrogen (secondary N) is 3. The van der Waals surface area contributed by atoms with Gasteiger partial charge >= 0.3 is 0 Å². The molecule has 2 heterocycles. The average Bonchev–Trinajstić information content (AvgIpc) is 3.17. The molecule has 3 unspecified atom stereocenters. The van der Waals surface area contributed by atoms with Crippen LogP contribution in [0.4, 0.5) is 5.69 Å². The third kappa shape index (κ3) is 6.74. The van der Waals surface area contributed by atoms with Crippen LogP contribution in [0.5, 0.6) is 0 Å². The van der Waals surface area contributed by atoms with Gasteiger partial charge in [-0.05, 0) is 69.6 Å². The van der Waals surface area contributed by atoms with Gasteiger partial charge in [0.25, 0.3) is 0 Å². The summed E-state index contributed by atoms with van der Waals surface area (Å²) in [6, 6.07) is 8.88. The fourth-order valence-corrected chi connectivity index (χ4v) is 5.58. The molecule has 3 aliphatic rings. The summed E-state index contributed by atoms with van der Waals surface area (Å²) in [6.45, 7) is 6.25. The molecule has 2 aliphatic heterocycles. The number of guanidine groups is 1. The molecule has 1 aliphatic carbocycles. The highest BCUT2D eigenvalue weighted by Crippen LogP contribution is 2.34. The van der Waals surface area contributed by atoms with Crippen LogP contribution in [-0.2, 0) is 5.75 Å². The minimum Gasteiger partial charge on any atom is -0.396 e. The molecule has 0 aromatic heterocycles. The highest BCUT2D eigenvalue weighted by Gasteiger charge is 2.28. The van der Waals surface area contributed by atoms with Gasteiger partial charge in [0.15, 0.2) is 5.96 Å². The molecule has 0 amide bonds. The molecule has 0 saturated heterocycles. The fraction of sp³-hybridized carbons (Fsp3) is 0.600. The molecule has 5 N–H and O–H groups in total. The van der Waals surface area contributed by atoms with Gasteiger partial charge in [0.05, 0.1) is 22.9 Å². The largest absolute Gasteiger partial charge is 0.396 e. The Balaban J connectivity index is 1.60. The number of rotatable bonds is 7. The van der Waals surface area contributed by atoms with E-state index in [1.54, 1.807) is 13.8 Å². The molecule has 3 atom stereocenters. The van der Waals surface area contributed by atoms with Crippen molar-refractivity contribution in [3.8, 4) is 0 Å². The molecule has 8 heteroatoms. The highest BCUT2D eigenvalue weighted by molar-refractivity contribution is 8.13. The Morgan fingerprint density at radius 3 is 2.85 bits per heavy atom. The summed E-state index contributed by atoms with van der Waals surface area (Å²) < 4.78 is 0. The number of nitrogens with zero attached hydrogens (tertiary/aromatic N) is 2. The van der Waals surface area contributed by atoms with E-state index in [0.29, 0.717) is 24.5 Å². The topological polar surface area (TPSA) is 101 Å². The predicted molar refractivity (Wildman–Crippen MR) is 137 cm³/mol. The first-order valence-corrected chi connectivity index (χ1v) is 13.0. The van der Waals surface area contributed by atoms with E-state index in [0.717, 1.165) is 54.4 Å². The Bertz CT molecular complexity index is 937. The summed E-state index contributed by atoms with van der Waals surface area (Å²) in [5, 5.41) is 31.6. The van der Waals surface area contributed by atoms with Gasteiger partial charge in [-0.15, -0.1) is 11.8 Å². The first-order chi connectivity index (χ1) is 15.8. The second-order valence-corrected chi connectivity index (χ2v) is 11.2. The molecule has 4 rings (SSSR count). The van der Waals surface area contributed by atoms with Crippen molar-refractivity contribution in [2.24, 2.45) is 15.9 Å². The molecule has 1 fully saturated rings. The summed E-state index contributed by atoms with van der Waals surface area (Å²) in [4.78, 5) is 9.57. The second-order valence-electron chi connectivity index (χ2n) is 10.1. The zero-order valence-electron chi connectivity index (χ0n) is 19.9. The number of para-hydroxylation sites is 1. The quantitative estimate of drug-likeness (QED) is 0.418. The van der Waals surface area contributed by atoms with Gasteiger partial charge in [-0.1, -0.05) is 18.2 Å². The fourth-order valence-electron chi connectivity index (χ4n) is 4.57. The number of aliphatic hydroxyl groups excluding tert-OH is 1. The lowest BCUT2D eigenvalue weighted by atomic mass is 10.0. The van der Waals surface area contributed by atoms with Gasteiger partial charge in [-0.25, -0.2) is 9.98 Å². The van der Waals surface area contributed by atoms with Gasteiger partial charge in [0.2, 0.25) is 0 Å². The van der Waals surface area contributed by atoms with Crippen molar-refractivity contribution >= 4 is 28.5 Å². The van der Waals surface area contributed by atoms with E-state index >= 15 is 0 Å². The summed E-state index contributed by atoms with van der Waals surface area (Å²) in [5.74, 6) is 2.99. The van der Waals surface area contributed by atoms with Crippen LogP contribution in [0.1, 0.15) is 58.4 Å². The summed E-state index contributed by atoms with van der Waals surface area (Å²) >= 11 is 1.81. The van der Waals surface area contributed by atoms with E-state index in [1.807, 2.05) is 17.8 Å². The van der Waals surface area contributed by atoms with E-state index in [9.17, 15) is 10.2 Å². The standard InChI is InChI=1S/C25H37N5O2S/c1-16-10-19(12-22-29-21-7-5-4-6-18(21)14-33-22)23(28-20-9-8-17(11-20)13-31)30-24(27-16)26-15-25(2,3)32/h4-7,16-17,20,28,31-32H,8-15H2,1-3H3,(H2,26,27,30). The van der Waals surface area contributed by atoms with Gasteiger partial charge in [-0.2, -0.15) is 0 Å². The smallest absolute Gasteiger partial charge is 0.197 e. The molecule has 33 heavy (non-hydrogen) atoms. The van der Waals surface area contributed by atoms with Crippen LogP contribution in [0, 0.1) is 5.92 Å². The van der Waals surface area contributed by atoms with E-state index in [1.165, 1.54) is 11.1 Å². The van der Waals surface area contributed by atoms with Crippen molar-refractivity contribution in [2.75, 3.05) is 13.2 Å². The van der Waals surface area contributed by atoms with Crippen LogP contribution < -0.4 is 16.0 Å². The van der Waals surface area contributed by atoms with E-state index in [-0.39, 0.29) is 12.6 Å². The second kappa shape index (κ2) is 10.5. The number of benzene rings is 1. The Morgan fingerprint density at radius 2 is 2.09 bits per heavy atom. The molecular weight excluding hydrogens is 434 g/mol. The van der Waals surface area contributed by atoms with E-state index < -0.39 is 5.60 Å². The molecule has 7 nitrogen and oxygen atoms in total. The summed E-state index contributed by atoms with van der Waals surface area (Å²) in [6.07, 6.45) is 4.72. The number of hydrogen-bond acceptors (Lipinski definition) is 6. The molecule has 0 spiro atoms. The van der Waals surface area contributed by atoms with E-state index in [4.69, 9.17) is 4.99 Å². The SMILES string of the molecule is CC1CC(CC2=Nc3ccccc3CS2)=C(NC2CCC(CO)C2)NC(=NCC(C)(C)O)N1. The van der Waals surface area contributed by atoms with Crippen LogP contribution in [0.3, 0.4) is 0 Å². The Hall–Kier alpha value is -2.03. The van der Waals surface area contributed by atoms with Crippen LogP contribution in [0.25, 0.3) is 0 Å². The van der Waals surface area contributed by atoms with E-state index in [2.05, 4.69) is 46.1 Å². The number of aliphatic hydroxyl groups is 2. The van der Waals surface area contributed by atoms with Crippen LogP contribution in [-0.4, -0.2) is 52.1 Å². The number of fused-ring (bicyclic) bond motifs is 1. The predicted octanol–water partition coefficient (Wildman–Crippen LogP) is 3.41. The molecule has 1 aromatic rings. The van der Waals surface area contributed by atoms with Gasteiger partial charge in [-0.3, -0.25) is 0 Å². The minimum atomic E-state index is -0.868. The summed E-state index contributed by atoms with van der Waals surface area (Å²) in [7, 11) is 0. The Kier molecular flexibility index (Phi) is 7.66. The maximum Gasteiger partial charge on any atom is 0.197 e. The van der Waals surface area contributed by atoms with Crippen molar-refractivity contribution in [1.29, 1.82) is 0 Å². The molecule has 0 radical (unpaired) electrons. The van der Waals surface area contributed by atoms with Crippen LogP contribution in [0.2, 0.25) is 0 Å². The van der Waals surface area contributed by atoms with Crippen LogP contribution in [0.15, 0.2) is 45.6 Å². The number of aliphatic imine (C=N–C) groups is 2. The van der Waals surface area contributed by atoms with Crippen molar-refractivity contribution in [2.45, 2.75) is 76.3 Å². The van der Waals surface area contributed by atoms with Gasteiger partial charge < -0.3 is 26.2 Å². The van der Waals surface area contributed by atoms with Crippen molar-refractivity contribution in [3.05, 3.63) is 41.2 Å². The first-order valence-electron chi connectivity index (χ1n) is 12.0. The highest BCUT2D eigenvalue weighted by atomic mass is 32.2. The number of hydrogen-bond donors (Lipinski definition) is 5. The van der Waals surface area contributed by atoms with Crippen LogP contribution >= 0.6 is 11.8 Å². The maximum atomic E-state index is 10.2. The zero-order chi connectivity index (χ0) is 23.4. The van der Waals surface area contributed by atoms with Crippen molar-refractivity contribution in [3.63, 3.8) is 0 Å². The lowest BCUT2D eigenvalue weighted by Crippen LogP contribution is -2.44. The molecule has 1 aromatic carbocycles. The maximum absolute atomic E-state index is 10.2. The first kappa shape index (κ1) is 24.1. The van der Waals surface area contributed by atoms with Gasteiger partial charge in [0.1, 0.15) is 5.82 Å². The lowest BCUT2D eigenvalue weighted by Gasteiger charge is -2.22. The molecule has 0 bridgehead atoms. The molecule has 1 saturated carbocycles. The third-order valence-electron chi connectivity index (χ3n) is 6.30. The Labute approximate surface area is 201 Å². The van der Waals surface area contributed by atoms with Gasteiger partial charge in [0, 0.05) is 30.9 Å². The average molecular weight is 472 g/mol. The third-order valence-corrected chi connectivity index (χ3v) is 7.32. The van der Waals surface area contributed by atoms with Crippen molar-refractivity contribution in [1.82, 2.24) is 16.0 Å². The van der Waals surface area contributed by atoms with Crippen molar-refractivity contribution < 1.29 is 10.2 Å². The lowest BCUT2D eigenvalue weighted by molar-refractivity contribution is 0.0902. The molecule has 180 valence electrons.